The highest BCUT2D eigenvalue weighted by molar-refractivity contribution is 7.09. The number of esters is 1. The van der Waals surface area contributed by atoms with Crippen LogP contribution in [-0.4, -0.2) is 35.4 Å². The second-order valence-electron chi connectivity index (χ2n) is 4.79. The molecule has 0 atom stereocenters. The van der Waals surface area contributed by atoms with Crippen LogP contribution in [0.25, 0.3) is 0 Å². The zero-order valence-electron chi connectivity index (χ0n) is 12.6. The number of thiazole rings is 1. The van der Waals surface area contributed by atoms with Gasteiger partial charge in [-0.1, -0.05) is 30.3 Å². The highest BCUT2D eigenvalue weighted by Crippen LogP contribution is 2.14. The molecule has 1 aromatic heterocycles. The molecule has 1 aromatic carbocycles. The molecule has 2 aromatic rings. The molecule has 0 bridgehead atoms. The number of hydrogen-bond acceptors (Lipinski definition) is 5. The Bertz CT molecular complexity index is 640. The third-order valence-corrected chi connectivity index (χ3v) is 3.93. The lowest BCUT2D eigenvalue weighted by atomic mass is 10.2. The molecule has 1 heterocycles. The molecule has 116 valence electrons. The highest BCUT2D eigenvalue weighted by Gasteiger charge is 2.19. The Morgan fingerprint density at radius 2 is 2.00 bits per heavy atom. The van der Waals surface area contributed by atoms with Gasteiger partial charge in [0.1, 0.15) is 5.69 Å². The molecule has 22 heavy (non-hydrogen) atoms. The molecule has 0 unspecified atom stereocenters. The van der Waals surface area contributed by atoms with E-state index in [1.807, 2.05) is 37.3 Å². The average molecular weight is 318 g/mol. The summed E-state index contributed by atoms with van der Waals surface area (Å²) in [6.07, 6.45) is 0.165. The summed E-state index contributed by atoms with van der Waals surface area (Å²) in [6.45, 7) is 2.60. The summed E-state index contributed by atoms with van der Waals surface area (Å²) in [4.78, 5) is 29.8. The monoisotopic (exact) mass is 318 g/mol. The molecule has 5 nitrogen and oxygen atoms in total. The second-order valence-corrected chi connectivity index (χ2v) is 5.85. The molecule has 2 rings (SSSR count). The summed E-state index contributed by atoms with van der Waals surface area (Å²) in [5.74, 6) is -0.502. The number of methoxy groups -OCH3 is 1. The van der Waals surface area contributed by atoms with Crippen molar-refractivity contribution in [2.75, 3.05) is 13.7 Å². The molecule has 0 aliphatic heterocycles. The van der Waals surface area contributed by atoms with Gasteiger partial charge in [-0.25, -0.2) is 4.98 Å². The number of aromatic nitrogens is 1. The van der Waals surface area contributed by atoms with Gasteiger partial charge >= 0.3 is 5.97 Å². The largest absolute Gasteiger partial charge is 0.469 e. The minimum absolute atomic E-state index is 0.165. The number of aryl methyl sites for hydroxylation is 1. The Labute approximate surface area is 133 Å². The van der Waals surface area contributed by atoms with E-state index >= 15 is 0 Å². The van der Waals surface area contributed by atoms with Gasteiger partial charge < -0.3 is 9.64 Å². The number of hydrogen-bond donors (Lipinski definition) is 0. The van der Waals surface area contributed by atoms with Crippen LogP contribution >= 0.6 is 11.3 Å². The van der Waals surface area contributed by atoms with Crippen LogP contribution in [0.3, 0.4) is 0 Å². The maximum absolute atomic E-state index is 12.6. The lowest BCUT2D eigenvalue weighted by molar-refractivity contribution is -0.140. The third kappa shape index (κ3) is 4.39. The maximum Gasteiger partial charge on any atom is 0.307 e. The first-order valence-corrected chi connectivity index (χ1v) is 7.80. The van der Waals surface area contributed by atoms with Crippen molar-refractivity contribution in [3.63, 3.8) is 0 Å². The standard InChI is InChI=1S/C16H18N2O3S/c1-12-17-14(11-22-12)16(20)18(9-8-15(19)21-2)10-13-6-4-3-5-7-13/h3-7,11H,8-10H2,1-2H3. The normalized spacial score (nSPS) is 10.3. The fourth-order valence-corrected chi connectivity index (χ4v) is 2.59. The van der Waals surface area contributed by atoms with E-state index in [1.54, 1.807) is 10.3 Å². The zero-order chi connectivity index (χ0) is 15.9. The fraction of sp³-hybridized carbons (Fsp3) is 0.312. The molecular weight excluding hydrogens is 300 g/mol. The number of carbonyl (C=O) groups excluding carboxylic acids is 2. The molecule has 0 saturated heterocycles. The molecule has 0 N–H and O–H groups in total. The zero-order valence-corrected chi connectivity index (χ0v) is 13.4. The van der Waals surface area contributed by atoms with Crippen molar-refractivity contribution in [3.05, 3.63) is 52.0 Å². The van der Waals surface area contributed by atoms with E-state index in [-0.39, 0.29) is 18.3 Å². The van der Waals surface area contributed by atoms with E-state index < -0.39 is 0 Å². The minimum Gasteiger partial charge on any atom is -0.469 e. The topological polar surface area (TPSA) is 59.5 Å². The van der Waals surface area contributed by atoms with Gasteiger partial charge in [0.15, 0.2) is 0 Å². The van der Waals surface area contributed by atoms with Gasteiger partial charge in [-0.15, -0.1) is 11.3 Å². The summed E-state index contributed by atoms with van der Waals surface area (Å²) in [5.41, 5.74) is 1.43. The van der Waals surface area contributed by atoms with Gasteiger partial charge in [0.05, 0.1) is 18.5 Å². The van der Waals surface area contributed by atoms with Gasteiger partial charge in [0.2, 0.25) is 0 Å². The predicted octanol–water partition coefficient (Wildman–Crippen LogP) is 2.66. The Balaban J connectivity index is 2.13. The molecule has 0 radical (unpaired) electrons. The molecule has 0 saturated carbocycles. The maximum atomic E-state index is 12.6. The Kier molecular flexibility index (Phi) is 5.66. The van der Waals surface area contributed by atoms with Crippen molar-refractivity contribution in [3.8, 4) is 0 Å². The molecule has 0 aliphatic rings. The van der Waals surface area contributed by atoms with Crippen LogP contribution in [0.2, 0.25) is 0 Å². The highest BCUT2D eigenvalue weighted by atomic mass is 32.1. The smallest absolute Gasteiger partial charge is 0.307 e. The van der Waals surface area contributed by atoms with E-state index in [0.29, 0.717) is 18.8 Å². The van der Waals surface area contributed by atoms with Crippen molar-refractivity contribution in [1.29, 1.82) is 0 Å². The van der Waals surface area contributed by atoms with Crippen LogP contribution < -0.4 is 0 Å². The van der Waals surface area contributed by atoms with Gasteiger partial charge in [-0.05, 0) is 12.5 Å². The molecule has 6 heteroatoms. The lowest BCUT2D eigenvalue weighted by Gasteiger charge is -2.21. The average Bonchev–Trinajstić information content (AvgIpc) is 2.97. The predicted molar refractivity (Wildman–Crippen MR) is 84.7 cm³/mol. The van der Waals surface area contributed by atoms with Crippen LogP contribution in [0.15, 0.2) is 35.7 Å². The van der Waals surface area contributed by atoms with Gasteiger partial charge in [0, 0.05) is 18.5 Å². The number of rotatable bonds is 6. The summed E-state index contributed by atoms with van der Waals surface area (Å²) in [6, 6.07) is 9.67. The van der Waals surface area contributed by atoms with Crippen molar-refractivity contribution < 1.29 is 14.3 Å². The van der Waals surface area contributed by atoms with Crippen LogP contribution in [-0.2, 0) is 16.1 Å². The van der Waals surface area contributed by atoms with Crippen LogP contribution in [0.1, 0.15) is 27.5 Å². The third-order valence-electron chi connectivity index (χ3n) is 3.16. The minimum atomic E-state index is -0.333. The summed E-state index contributed by atoms with van der Waals surface area (Å²) >= 11 is 1.44. The first-order chi connectivity index (χ1) is 10.6. The first kappa shape index (κ1) is 16.2. The Morgan fingerprint density at radius 3 is 2.59 bits per heavy atom. The number of ether oxygens (including phenoxy) is 1. The number of nitrogens with zero attached hydrogens (tertiary/aromatic N) is 2. The van der Waals surface area contributed by atoms with Crippen LogP contribution in [0.5, 0.6) is 0 Å². The quantitative estimate of drug-likeness (QED) is 0.768. The lowest BCUT2D eigenvalue weighted by Crippen LogP contribution is -2.33. The van der Waals surface area contributed by atoms with Crippen LogP contribution in [0, 0.1) is 6.92 Å². The Hall–Kier alpha value is -2.21. The van der Waals surface area contributed by atoms with Crippen molar-refractivity contribution in [2.45, 2.75) is 19.9 Å². The van der Waals surface area contributed by atoms with E-state index in [2.05, 4.69) is 9.72 Å². The Morgan fingerprint density at radius 1 is 1.27 bits per heavy atom. The van der Waals surface area contributed by atoms with Crippen molar-refractivity contribution in [1.82, 2.24) is 9.88 Å². The van der Waals surface area contributed by atoms with E-state index in [1.165, 1.54) is 18.4 Å². The number of carbonyl (C=O) groups is 2. The summed E-state index contributed by atoms with van der Waals surface area (Å²) in [5, 5.41) is 2.59. The van der Waals surface area contributed by atoms with Crippen LogP contribution in [0.4, 0.5) is 0 Å². The number of benzene rings is 1. The molecule has 1 amide bonds. The van der Waals surface area contributed by atoms with Crippen molar-refractivity contribution in [2.24, 2.45) is 0 Å². The van der Waals surface area contributed by atoms with E-state index in [0.717, 1.165) is 10.6 Å². The first-order valence-electron chi connectivity index (χ1n) is 6.92. The van der Waals surface area contributed by atoms with E-state index in [9.17, 15) is 9.59 Å². The molecule has 0 spiro atoms. The fourth-order valence-electron chi connectivity index (χ4n) is 2.01. The van der Waals surface area contributed by atoms with Gasteiger partial charge in [0.25, 0.3) is 5.91 Å². The van der Waals surface area contributed by atoms with Crippen molar-refractivity contribution >= 4 is 23.2 Å². The SMILES string of the molecule is COC(=O)CCN(Cc1ccccc1)C(=O)c1csc(C)n1. The molecule has 0 fully saturated rings. The van der Waals surface area contributed by atoms with Gasteiger partial charge in [-0.3, -0.25) is 9.59 Å². The molecular formula is C16H18N2O3S. The summed E-state index contributed by atoms with van der Waals surface area (Å²) in [7, 11) is 1.34. The summed E-state index contributed by atoms with van der Waals surface area (Å²) < 4.78 is 4.65. The molecule has 0 aliphatic carbocycles. The van der Waals surface area contributed by atoms with E-state index in [4.69, 9.17) is 0 Å². The van der Waals surface area contributed by atoms with Gasteiger partial charge in [-0.2, -0.15) is 0 Å². The number of amides is 1. The second kappa shape index (κ2) is 7.70.